The second-order valence-corrected chi connectivity index (χ2v) is 10.9. The third-order valence-corrected chi connectivity index (χ3v) is 8.23. The first-order chi connectivity index (χ1) is 17.3. The van der Waals surface area contributed by atoms with Gasteiger partial charge in [0.1, 0.15) is 0 Å². The smallest absolute Gasteiger partial charge is 0.329 e. The number of amides is 2. The van der Waals surface area contributed by atoms with Crippen LogP contribution in [0, 0.1) is 0 Å². The number of carbonyl (C=O) groups is 1. The van der Waals surface area contributed by atoms with Crippen LogP contribution in [0.5, 0.6) is 6.01 Å². The van der Waals surface area contributed by atoms with Crippen LogP contribution in [-0.2, 0) is 10.0 Å². The molecule has 1 aliphatic rings. The van der Waals surface area contributed by atoms with Crippen molar-refractivity contribution in [2.75, 3.05) is 23.5 Å². The number of pyridine rings is 1. The normalized spacial score (nSPS) is 17.7. The van der Waals surface area contributed by atoms with Gasteiger partial charge in [0.25, 0.3) is 10.0 Å². The summed E-state index contributed by atoms with van der Waals surface area (Å²) in [4.78, 5) is 20.8. The number of benzene rings is 1. The van der Waals surface area contributed by atoms with E-state index in [1.807, 2.05) is 0 Å². The monoisotopic (exact) mass is 528 g/mol. The number of carbonyl (C=O) groups excluding carboxylic acids is 1. The predicted molar refractivity (Wildman–Crippen MR) is 137 cm³/mol. The lowest BCUT2D eigenvalue weighted by Gasteiger charge is -2.18. The standard InChI is InChI=1S/C22H24N8O4S2/c1-34-21-28-22(35-29-21)27-20(31)26-14-8-7-13(11-14)25-18-16-9-10-30(19(16)24-12-17(18)23)36(32,33)15-5-3-2-4-6-15/h2-6,9-10,12-14H,7-8,11,23H2,1H3,(H,24,25)(H2,26,27,28,29,31)/t13-,14+/m1/s1. The average molecular weight is 529 g/mol. The van der Waals surface area contributed by atoms with Gasteiger partial charge in [-0.05, 0) is 37.5 Å². The molecule has 1 fully saturated rings. The van der Waals surface area contributed by atoms with Gasteiger partial charge in [0.05, 0.1) is 29.6 Å². The van der Waals surface area contributed by atoms with Gasteiger partial charge in [0, 0.05) is 35.2 Å². The number of hydrogen-bond acceptors (Lipinski definition) is 10. The fraction of sp³-hybridized carbons (Fsp3) is 0.273. The number of nitrogen functional groups attached to an aromatic ring is 1. The lowest BCUT2D eigenvalue weighted by Crippen LogP contribution is -2.37. The highest BCUT2D eigenvalue weighted by Crippen LogP contribution is 2.33. The van der Waals surface area contributed by atoms with Crippen molar-refractivity contribution in [3.05, 3.63) is 48.8 Å². The molecular formula is C22H24N8O4S2. The molecule has 0 radical (unpaired) electrons. The van der Waals surface area contributed by atoms with E-state index < -0.39 is 10.0 Å². The fourth-order valence-electron chi connectivity index (χ4n) is 4.25. The summed E-state index contributed by atoms with van der Waals surface area (Å²) in [5.41, 5.74) is 7.55. The molecule has 4 aromatic rings. The van der Waals surface area contributed by atoms with Crippen molar-refractivity contribution in [3.8, 4) is 6.01 Å². The highest BCUT2D eigenvalue weighted by molar-refractivity contribution is 7.90. The maximum atomic E-state index is 13.2. The molecule has 1 saturated carbocycles. The Morgan fingerprint density at radius 3 is 2.72 bits per heavy atom. The minimum absolute atomic E-state index is 0.0268. The van der Waals surface area contributed by atoms with E-state index in [4.69, 9.17) is 10.5 Å². The summed E-state index contributed by atoms with van der Waals surface area (Å²) >= 11 is 1.03. The SMILES string of the molecule is COc1nsc(NC(=O)N[C@H]2CC[C@@H](Nc3c(N)cnc4c3ccn4S(=O)(=O)c3ccccc3)C2)n1. The molecule has 12 nitrogen and oxygen atoms in total. The molecule has 0 aliphatic heterocycles. The Morgan fingerprint density at radius 1 is 1.19 bits per heavy atom. The highest BCUT2D eigenvalue weighted by Gasteiger charge is 2.28. The van der Waals surface area contributed by atoms with Crippen LogP contribution in [0.15, 0.2) is 53.7 Å². The number of rotatable bonds is 7. The predicted octanol–water partition coefficient (Wildman–Crippen LogP) is 2.87. The van der Waals surface area contributed by atoms with Gasteiger partial charge in [0.2, 0.25) is 5.13 Å². The molecule has 188 valence electrons. The van der Waals surface area contributed by atoms with Gasteiger partial charge >= 0.3 is 12.0 Å². The van der Waals surface area contributed by atoms with E-state index in [2.05, 4.69) is 30.3 Å². The summed E-state index contributed by atoms with van der Waals surface area (Å²) in [5.74, 6) is 0. The maximum Gasteiger partial charge on any atom is 0.329 e. The van der Waals surface area contributed by atoms with E-state index >= 15 is 0 Å². The minimum atomic E-state index is -3.81. The molecule has 5 rings (SSSR count). The number of methoxy groups -OCH3 is 1. The van der Waals surface area contributed by atoms with Crippen LogP contribution < -0.4 is 26.4 Å². The molecule has 0 spiro atoms. The molecule has 5 N–H and O–H groups in total. The number of nitrogens with two attached hydrogens (primary N) is 1. The topological polar surface area (TPSA) is 166 Å². The summed E-state index contributed by atoms with van der Waals surface area (Å²) in [7, 11) is -2.36. The number of aromatic nitrogens is 4. The zero-order valence-corrected chi connectivity index (χ0v) is 20.8. The van der Waals surface area contributed by atoms with Crippen molar-refractivity contribution < 1.29 is 17.9 Å². The summed E-state index contributed by atoms with van der Waals surface area (Å²) in [6.07, 6.45) is 5.16. The Kier molecular flexibility index (Phi) is 6.36. The Balaban J connectivity index is 1.29. The first-order valence-corrected chi connectivity index (χ1v) is 13.3. The molecule has 3 aromatic heterocycles. The molecule has 36 heavy (non-hydrogen) atoms. The first kappa shape index (κ1) is 23.8. The Hall–Kier alpha value is -3.91. The number of anilines is 3. The molecular weight excluding hydrogens is 504 g/mol. The summed E-state index contributed by atoms with van der Waals surface area (Å²) in [6, 6.07) is 9.68. The molecule has 2 amide bonds. The molecule has 1 aromatic carbocycles. The van der Waals surface area contributed by atoms with E-state index in [-0.39, 0.29) is 34.7 Å². The zero-order chi connectivity index (χ0) is 25.3. The summed E-state index contributed by atoms with van der Waals surface area (Å²) in [5, 5.41) is 9.99. The van der Waals surface area contributed by atoms with Crippen molar-refractivity contribution in [2.45, 2.75) is 36.2 Å². The maximum absolute atomic E-state index is 13.2. The summed E-state index contributed by atoms with van der Waals surface area (Å²) in [6.45, 7) is 0. The van der Waals surface area contributed by atoms with Crippen LogP contribution in [0.25, 0.3) is 11.0 Å². The van der Waals surface area contributed by atoms with Crippen molar-refractivity contribution in [1.29, 1.82) is 0 Å². The van der Waals surface area contributed by atoms with Gasteiger partial charge in [-0.25, -0.2) is 22.2 Å². The Bertz CT molecular complexity index is 1500. The van der Waals surface area contributed by atoms with Gasteiger partial charge < -0.3 is 21.1 Å². The van der Waals surface area contributed by atoms with Crippen LogP contribution in [0.1, 0.15) is 19.3 Å². The number of nitrogens with one attached hydrogen (secondary N) is 3. The van der Waals surface area contributed by atoms with Gasteiger partial charge in [-0.15, -0.1) is 4.37 Å². The number of urea groups is 1. The molecule has 0 bridgehead atoms. The zero-order valence-electron chi connectivity index (χ0n) is 19.2. The fourth-order valence-corrected chi connectivity index (χ4v) is 6.11. The van der Waals surface area contributed by atoms with E-state index in [9.17, 15) is 13.2 Å². The van der Waals surface area contributed by atoms with Crippen LogP contribution in [0.2, 0.25) is 0 Å². The van der Waals surface area contributed by atoms with E-state index in [1.165, 1.54) is 19.5 Å². The van der Waals surface area contributed by atoms with Gasteiger partial charge in [0.15, 0.2) is 5.65 Å². The molecule has 0 saturated heterocycles. The Morgan fingerprint density at radius 2 is 1.97 bits per heavy atom. The van der Waals surface area contributed by atoms with Crippen molar-refractivity contribution >= 4 is 55.1 Å². The van der Waals surface area contributed by atoms with Gasteiger partial charge in [-0.3, -0.25) is 5.32 Å². The van der Waals surface area contributed by atoms with Crippen molar-refractivity contribution in [1.82, 2.24) is 23.6 Å². The highest BCUT2D eigenvalue weighted by atomic mass is 32.2. The van der Waals surface area contributed by atoms with Crippen LogP contribution >= 0.6 is 11.5 Å². The van der Waals surface area contributed by atoms with Crippen molar-refractivity contribution in [2.24, 2.45) is 0 Å². The lowest BCUT2D eigenvalue weighted by atomic mass is 10.2. The van der Waals surface area contributed by atoms with Gasteiger partial charge in [-0.2, -0.15) is 4.98 Å². The van der Waals surface area contributed by atoms with Gasteiger partial charge in [-0.1, -0.05) is 18.2 Å². The summed E-state index contributed by atoms with van der Waals surface area (Å²) < 4.78 is 36.3. The molecule has 1 aliphatic carbocycles. The number of nitrogens with zero attached hydrogens (tertiary/aromatic N) is 4. The molecule has 0 unspecified atom stereocenters. The average Bonchev–Trinajstić information content (AvgIpc) is 3.61. The molecule has 3 heterocycles. The Labute approximate surface area is 211 Å². The minimum Gasteiger partial charge on any atom is -0.466 e. The van der Waals surface area contributed by atoms with E-state index in [0.29, 0.717) is 28.3 Å². The van der Waals surface area contributed by atoms with E-state index in [0.717, 1.165) is 28.3 Å². The second kappa shape index (κ2) is 9.62. The number of fused-ring (bicyclic) bond motifs is 1. The molecule has 14 heteroatoms. The second-order valence-electron chi connectivity index (χ2n) is 8.29. The quantitative estimate of drug-likeness (QED) is 0.282. The van der Waals surface area contributed by atoms with E-state index in [1.54, 1.807) is 36.4 Å². The first-order valence-electron chi connectivity index (χ1n) is 11.1. The molecule has 2 atom stereocenters. The van der Waals surface area contributed by atoms with Crippen LogP contribution in [-0.4, -0.2) is 52.0 Å². The largest absolute Gasteiger partial charge is 0.466 e. The lowest BCUT2D eigenvalue weighted by molar-refractivity contribution is 0.248. The third kappa shape index (κ3) is 4.64. The number of ether oxygens (including phenoxy) is 1. The van der Waals surface area contributed by atoms with Crippen LogP contribution in [0.4, 0.5) is 21.3 Å². The third-order valence-electron chi connectivity index (χ3n) is 5.94. The number of hydrogen-bond donors (Lipinski definition) is 4. The van der Waals surface area contributed by atoms with Crippen molar-refractivity contribution in [3.63, 3.8) is 0 Å². The van der Waals surface area contributed by atoms with Crippen LogP contribution in [0.3, 0.4) is 0 Å².